The second kappa shape index (κ2) is 12.3. The number of nitrogens with one attached hydrogen (secondary N) is 1. The minimum absolute atomic E-state index is 0.136. The van der Waals surface area contributed by atoms with Crippen LogP contribution in [0.4, 0.5) is 5.69 Å². The van der Waals surface area contributed by atoms with Crippen molar-refractivity contribution in [3.63, 3.8) is 0 Å². The van der Waals surface area contributed by atoms with Gasteiger partial charge in [0.15, 0.2) is 11.5 Å². The second-order valence-electron chi connectivity index (χ2n) is 9.52. The summed E-state index contributed by atoms with van der Waals surface area (Å²) in [5.41, 5.74) is 4.37. The minimum Gasteiger partial charge on any atom is -0.493 e. The minimum atomic E-state index is -1.09. The summed E-state index contributed by atoms with van der Waals surface area (Å²) in [5.74, 6) is 0.0856. The number of fused-ring (bicyclic) bond motifs is 1. The standard InChI is InChI=1S/C32H31N5O4/c1-22-16-18-24(19-17-22)37(29(38)21-36-27-14-8-7-13-26(27)34-35-36)30(25-12-9-15-28(40-2)31(25)41-3)32(39)33-20-23-10-5-4-6-11-23/h4-19,30H,20-21H2,1-3H3,(H,33,39)/t30-/m1/s1. The van der Waals surface area contributed by atoms with Crippen molar-refractivity contribution in [2.24, 2.45) is 0 Å². The lowest BCUT2D eigenvalue weighted by atomic mass is 10.0. The number of nitrogens with zero attached hydrogens (tertiary/aromatic N) is 4. The molecule has 0 bridgehead atoms. The van der Waals surface area contributed by atoms with Crippen molar-refractivity contribution < 1.29 is 19.1 Å². The Balaban J connectivity index is 1.62. The Bertz CT molecular complexity index is 1650. The zero-order valence-corrected chi connectivity index (χ0v) is 23.2. The molecule has 0 radical (unpaired) electrons. The zero-order valence-electron chi connectivity index (χ0n) is 23.2. The van der Waals surface area contributed by atoms with Gasteiger partial charge in [0.1, 0.15) is 18.1 Å². The number of para-hydroxylation sites is 2. The van der Waals surface area contributed by atoms with Gasteiger partial charge < -0.3 is 14.8 Å². The van der Waals surface area contributed by atoms with Crippen LogP contribution in [0.25, 0.3) is 11.0 Å². The molecule has 5 rings (SSSR count). The number of hydrogen-bond acceptors (Lipinski definition) is 6. The van der Waals surface area contributed by atoms with E-state index in [0.717, 1.165) is 11.1 Å². The molecule has 0 saturated heterocycles. The van der Waals surface area contributed by atoms with E-state index in [1.54, 1.807) is 22.9 Å². The van der Waals surface area contributed by atoms with Gasteiger partial charge in [-0.05, 0) is 42.8 Å². The van der Waals surface area contributed by atoms with Gasteiger partial charge in [0.25, 0.3) is 0 Å². The van der Waals surface area contributed by atoms with Crippen molar-refractivity contribution >= 4 is 28.5 Å². The number of amides is 2. The van der Waals surface area contributed by atoms with E-state index in [2.05, 4.69) is 15.6 Å². The Labute approximate surface area is 238 Å². The fraction of sp³-hybridized carbons (Fsp3) is 0.188. The van der Waals surface area contributed by atoms with E-state index in [4.69, 9.17) is 9.47 Å². The molecule has 0 aliphatic heterocycles. The third-order valence-corrected chi connectivity index (χ3v) is 6.83. The maximum absolute atomic E-state index is 14.3. The molecule has 5 aromatic rings. The monoisotopic (exact) mass is 549 g/mol. The number of benzene rings is 4. The van der Waals surface area contributed by atoms with Crippen molar-refractivity contribution in [2.75, 3.05) is 19.1 Å². The van der Waals surface area contributed by atoms with Crippen molar-refractivity contribution in [1.82, 2.24) is 20.3 Å². The molecule has 41 heavy (non-hydrogen) atoms. The van der Waals surface area contributed by atoms with Crippen LogP contribution in [-0.4, -0.2) is 41.0 Å². The molecule has 0 aliphatic carbocycles. The summed E-state index contributed by atoms with van der Waals surface area (Å²) in [6.45, 7) is 2.11. The summed E-state index contributed by atoms with van der Waals surface area (Å²) in [4.78, 5) is 29.9. The largest absolute Gasteiger partial charge is 0.493 e. The fourth-order valence-corrected chi connectivity index (χ4v) is 4.79. The number of aromatic nitrogens is 3. The first kappa shape index (κ1) is 27.4. The summed E-state index contributed by atoms with van der Waals surface area (Å²) in [5, 5.41) is 11.4. The van der Waals surface area contributed by atoms with E-state index < -0.39 is 6.04 Å². The normalized spacial score (nSPS) is 11.6. The maximum Gasteiger partial charge on any atom is 0.249 e. The highest BCUT2D eigenvalue weighted by molar-refractivity contribution is 6.02. The molecule has 1 aromatic heterocycles. The molecular weight excluding hydrogens is 518 g/mol. The SMILES string of the molecule is COc1cccc([C@H](C(=O)NCc2ccccc2)N(C(=O)Cn2nnc3ccccc32)c2ccc(C)cc2)c1OC. The smallest absolute Gasteiger partial charge is 0.249 e. The van der Waals surface area contributed by atoms with Gasteiger partial charge >= 0.3 is 0 Å². The molecule has 0 saturated carbocycles. The number of hydrogen-bond donors (Lipinski definition) is 1. The molecule has 2 amide bonds. The van der Waals surface area contributed by atoms with E-state index in [0.29, 0.717) is 33.8 Å². The van der Waals surface area contributed by atoms with Crippen LogP contribution in [0.2, 0.25) is 0 Å². The van der Waals surface area contributed by atoms with Crippen molar-refractivity contribution in [3.8, 4) is 11.5 Å². The van der Waals surface area contributed by atoms with Crippen LogP contribution in [-0.2, 0) is 22.7 Å². The molecular formula is C32H31N5O4. The van der Waals surface area contributed by atoms with Crippen LogP contribution in [0.1, 0.15) is 22.7 Å². The maximum atomic E-state index is 14.3. The van der Waals surface area contributed by atoms with Gasteiger partial charge in [0.05, 0.1) is 19.7 Å². The fourth-order valence-electron chi connectivity index (χ4n) is 4.79. The van der Waals surface area contributed by atoms with E-state index in [-0.39, 0.29) is 24.9 Å². The van der Waals surface area contributed by atoms with Gasteiger partial charge in [-0.2, -0.15) is 0 Å². The number of methoxy groups -OCH3 is 2. The quantitative estimate of drug-likeness (QED) is 0.268. The Kier molecular flexibility index (Phi) is 8.24. The van der Waals surface area contributed by atoms with Crippen molar-refractivity contribution in [3.05, 3.63) is 114 Å². The molecule has 0 unspecified atom stereocenters. The summed E-state index contributed by atoms with van der Waals surface area (Å²) < 4.78 is 12.8. The third kappa shape index (κ3) is 5.89. The Morgan fingerprint density at radius 2 is 1.61 bits per heavy atom. The number of carbonyl (C=O) groups is 2. The number of aryl methyl sites for hydroxylation is 1. The number of carbonyl (C=O) groups excluding carboxylic acids is 2. The average molecular weight is 550 g/mol. The van der Waals surface area contributed by atoms with Crippen LogP contribution < -0.4 is 19.7 Å². The van der Waals surface area contributed by atoms with Gasteiger partial charge in [0, 0.05) is 17.8 Å². The van der Waals surface area contributed by atoms with Crippen LogP contribution >= 0.6 is 0 Å². The van der Waals surface area contributed by atoms with Crippen LogP contribution in [0.5, 0.6) is 11.5 Å². The zero-order chi connectivity index (χ0) is 28.8. The van der Waals surface area contributed by atoms with Crippen molar-refractivity contribution in [2.45, 2.75) is 26.1 Å². The van der Waals surface area contributed by atoms with E-state index in [9.17, 15) is 9.59 Å². The molecule has 0 aliphatic rings. The van der Waals surface area contributed by atoms with Gasteiger partial charge in [-0.15, -0.1) is 5.10 Å². The Morgan fingerprint density at radius 3 is 2.34 bits per heavy atom. The highest BCUT2D eigenvalue weighted by Crippen LogP contribution is 2.39. The Hall–Kier alpha value is -5.18. The average Bonchev–Trinajstić information content (AvgIpc) is 3.41. The van der Waals surface area contributed by atoms with Crippen LogP contribution in [0, 0.1) is 6.92 Å². The lowest BCUT2D eigenvalue weighted by Crippen LogP contribution is -2.45. The first-order valence-electron chi connectivity index (χ1n) is 13.2. The van der Waals surface area contributed by atoms with Gasteiger partial charge in [0.2, 0.25) is 11.8 Å². The number of anilines is 1. The van der Waals surface area contributed by atoms with Gasteiger partial charge in [-0.3, -0.25) is 14.5 Å². The third-order valence-electron chi connectivity index (χ3n) is 6.83. The number of ether oxygens (including phenoxy) is 2. The molecule has 1 atom stereocenters. The predicted molar refractivity (Wildman–Crippen MR) is 157 cm³/mol. The molecule has 0 fully saturated rings. The predicted octanol–water partition coefficient (Wildman–Crippen LogP) is 4.85. The molecule has 208 valence electrons. The molecule has 9 nitrogen and oxygen atoms in total. The topological polar surface area (TPSA) is 98.6 Å². The molecule has 4 aromatic carbocycles. The first-order valence-corrected chi connectivity index (χ1v) is 13.2. The molecule has 0 spiro atoms. The molecule has 1 heterocycles. The summed E-state index contributed by atoms with van der Waals surface area (Å²) in [6, 6.07) is 28.7. The highest BCUT2D eigenvalue weighted by atomic mass is 16.5. The van der Waals surface area contributed by atoms with Crippen molar-refractivity contribution in [1.29, 1.82) is 0 Å². The van der Waals surface area contributed by atoms with Gasteiger partial charge in [-0.25, -0.2) is 4.68 Å². The lowest BCUT2D eigenvalue weighted by molar-refractivity contribution is -0.127. The highest BCUT2D eigenvalue weighted by Gasteiger charge is 2.36. The van der Waals surface area contributed by atoms with Crippen LogP contribution in [0.3, 0.4) is 0 Å². The van der Waals surface area contributed by atoms with E-state index in [1.165, 1.54) is 19.1 Å². The number of rotatable bonds is 10. The van der Waals surface area contributed by atoms with Gasteiger partial charge in [-0.1, -0.05) is 77.5 Å². The second-order valence-corrected chi connectivity index (χ2v) is 9.52. The summed E-state index contributed by atoms with van der Waals surface area (Å²) in [6.07, 6.45) is 0. The first-order chi connectivity index (χ1) is 20.0. The lowest BCUT2D eigenvalue weighted by Gasteiger charge is -2.32. The summed E-state index contributed by atoms with van der Waals surface area (Å²) >= 11 is 0. The van der Waals surface area contributed by atoms with E-state index >= 15 is 0 Å². The Morgan fingerprint density at radius 1 is 0.878 bits per heavy atom. The van der Waals surface area contributed by atoms with E-state index in [1.807, 2.05) is 85.8 Å². The molecule has 1 N–H and O–H groups in total. The molecule has 9 heteroatoms. The van der Waals surface area contributed by atoms with Crippen LogP contribution in [0.15, 0.2) is 97.1 Å². The summed E-state index contributed by atoms with van der Waals surface area (Å²) in [7, 11) is 3.05.